The first kappa shape index (κ1) is 12.0. The molecule has 1 heterocycles. The lowest BCUT2D eigenvalue weighted by Crippen LogP contribution is -2.17. The Kier molecular flexibility index (Phi) is 3.66. The molecule has 0 aliphatic heterocycles. The SMILES string of the molecule is CC(=O)CC(C)(C)CCc1nccn1C. The molecule has 1 rings (SSSR count). The highest BCUT2D eigenvalue weighted by Gasteiger charge is 2.20. The van der Waals surface area contributed by atoms with Crippen molar-refractivity contribution in [2.24, 2.45) is 12.5 Å². The fourth-order valence-corrected chi connectivity index (χ4v) is 1.85. The van der Waals surface area contributed by atoms with Crippen molar-refractivity contribution in [3.8, 4) is 0 Å². The van der Waals surface area contributed by atoms with Crippen LogP contribution in [0.1, 0.15) is 39.4 Å². The van der Waals surface area contributed by atoms with E-state index in [0.717, 1.165) is 18.7 Å². The maximum absolute atomic E-state index is 11.1. The average Bonchev–Trinajstić information content (AvgIpc) is 2.45. The molecule has 0 bridgehead atoms. The first-order valence-electron chi connectivity index (χ1n) is 5.36. The molecule has 3 nitrogen and oxygen atoms in total. The van der Waals surface area contributed by atoms with Crippen LogP contribution in [0.5, 0.6) is 0 Å². The molecular weight excluding hydrogens is 188 g/mol. The molecule has 0 aliphatic rings. The number of aromatic nitrogens is 2. The first-order valence-corrected chi connectivity index (χ1v) is 5.36. The summed E-state index contributed by atoms with van der Waals surface area (Å²) in [5.74, 6) is 1.35. The van der Waals surface area contributed by atoms with Gasteiger partial charge in [-0.1, -0.05) is 13.8 Å². The first-order chi connectivity index (χ1) is 6.91. The summed E-state index contributed by atoms with van der Waals surface area (Å²) in [6.07, 6.45) is 6.35. The van der Waals surface area contributed by atoms with Gasteiger partial charge in [0.25, 0.3) is 0 Å². The zero-order valence-electron chi connectivity index (χ0n) is 10.1. The van der Waals surface area contributed by atoms with Crippen molar-refractivity contribution in [1.82, 2.24) is 9.55 Å². The lowest BCUT2D eigenvalue weighted by molar-refractivity contribution is -0.118. The average molecular weight is 208 g/mol. The van der Waals surface area contributed by atoms with E-state index in [0.29, 0.717) is 6.42 Å². The third-order valence-corrected chi connectivity index (χ3v) is 2.67. The van der Waals surface area contributed by atoms with E-state index in [-0.39, 0.29) is 11.2 Å². The molecular formula is C12H20N2O. The van der Waals surface area contributed by atoms with Gasteiger partial charge in [-0.2, -0.15) is 0 Å². The van der Waals surface area contributed by atoms with E-state index in [1.165, 1.54) is 0 Å². The second-order valence-electron chi connectivity index (χ2n) is 5.00. The fraction of sp³-hybridized carbons (Fsp3) is 0.667. The molecule has 0 N–H and O–H groups in total. The minimum absolute atomic E-state index is 0.0811. The molecule has 0 amide bonds. The van der Waals surface area contributed by atoms with Gasteiger partial charge in [0.15, 0.2) is 0 Å². The zero-order chi connectivity index (χ0) is 11.5. The van der Waals surface area contributed by atoms with E-state index in [1.807, 2.05) is 24.0 Å². The molecule has 0 aromatic carbocycles. The van der Waals surface area contributed by atoms with E-state index in [1.54, 1.807) is 6.92 Å². The smallest absolute Gasteiger partial charge is 0.130 e. The Morgan fingerprint density at radius 1 is 1.53 bits per heavy atom. The summed E-state index contributed by atoms with van der Waals surface area (Å²) in [5.41, 5.74) is 0.0811. The molecule has 84 valence electrons. The van der Waals surface area contributed by atoms with Crippen molar-refractivity contribution in [2.45, 2.75) is 40.0 Å². The second kappa shape index (κ2) is 4.60. The van der Waals surface area contributed by atoms with E-state index >= 15 is 0 Å². The van der Waals surface area contributed by atoms with Gasteiger partial charge in [0.2, 0.25) is 0 Å². The van der Waals surface area contributed by atoms with Gasteiger partial charge < -0.3 is 9.36 Å². The summed E-state index contributed by atoms with van der Waals surface area (Å²) >= 11 is 0. The lowest BCUT2D eigenvalue weighted by Gasteiger charge is -2.22. The number of rotatable bonds is 5. The van der Waals surface area contributed by atoms with Crippen molar-refractivity contribution in [3.05, 3.63) is 18.2 Å². The van der Waals surface area contributed by atoms with Crippen molar-refractivity contribution >= 4 is 5.78 Å². The summed E-state index contributed by atoms with van der Waals surface area (Å²) in [7, 11) is 2.00. The van der Waals surface area contributed by atoms with Crippen LogP contribution in [-0.4, -0.2) is 15.3 Å². The number of hydrogen-bond acceptors (Lipinski definition) is 2. The van der Waals surface area contributed by atoms with E-state index in [4.69, 9.17) is 0 Å². The number of carbonyl (C=O) groups excluding carboxylic acids is 1. The van der Waals surface area contributed by atoms with Crippen LogP contribution in [-0.2, 0) is 18.3 Å². The number of Topliss-reactive ketones (excluding diaryl/α,β-unsaturated/α-hetero) is 1. The largest absolute Gasteiger partial charge is 0.338 e. The molecule has 0 saturated heterocycles. The van der Waals surface area contributed by atoms with Crippen LogP contribution >= 0.6 is 0 Å². The molecule has 0 atom stereocenters. The third-order valence-electron chi connectivity index (χ3n) is 2.67. The minimum atomic E-state index is 0.0811. The number of nitrogens with zero attached hydrogens (tertiary/aromatic N) is 2. The van der Waals surface area contributed by atoms with E-state index < -0.39 is 0 Å². The van der Waals surface area contributed by atoms with Gasteiger partial charge in [-0.25, -0.2) is 4.98 Å². The Hall–Kier alpha value is -1.12. The second-order valence-corrected chi connectivity index (χ2v) is 5.00. The van der Waals surface area contributed by atoms with Crippen molar-refractivity contribution in [3.63, 3.8) is 0 Å². The topological polar surface area (TPSA) is 34.9 Å². The standard InChI is InChI=1S/C12H20N2O/c1-10(15)9-12(2,3)6-5-11-13-7-8-14(11)4/h7-8H,5-6,9H2,1-4H3. The predicted molar refractivity (Wildman–Crippen MR) is 60.6 cm³/mol. The Balaban J connectivity index is 2.49. The molecule has 0 spiro atoms. The summed E-state index contributed by atoms with van der Waals surface area (Å²) in [6.45, 7) is 5.93. The number of hydrogen-bond donors (Lipinski definition) is 0. The van der Waals surface area contributed by atoms with Gasteiger partial charge in [0, 0.05) is 32.3 Å². The molecule has 0 fully saturated rings. The fourth-order valence-electron chi connectivity index (χ4n) is 1.85. The maximum atomic E-state index is 11.1. The molecule has 0 aliphatic carbocycles. The Morgan fingerprint density at radius 2 is 2.20 bits per heavy atom. The van der Waals surface area contributed by atoms with Gasteiger partial charge in [-0.05, 0) is 18.8 Å². The number of ketones is 1. The van der Waals surface area contributed by atoms with Gasteiger partial charge in [0.05, 0.1) is 0 Å². The molecule has 0 saturated carbocycles. The van der Waals surface area contributed by atoms with Crippen LogP contribution < -0.4 is 0 Å². The predicted octanol–water partition coefficient (Wildman–Crippen LogP) is 2.36. The minimum Gasteiger partial charge on any atom is -0.338 e. The van der Waals surface area contributed by atoms with Gasteiger partial charge >= 0.3 is 0 Å². The summed E-state index contributed by atoms with van der Waals surface area (Å²) < 4.78 is 2.03. The van der Waals surface area contributed by atoms with Gasteiger partial charge in [-0.15, -0.1) is 0 Å². The van der Waals surface area contributed by atoms with Crippen LogP contribution in [0.25, 0.3) is 0 Å². The van der Waals surface area contributed by atoms with E-state index in [9.17, 15) is 4.79 Å². The monoisotopic (exact) mass is 208 g/mol. The normalized spacial score (nSPS) is 11.7. The highest BCUT2D eigenvalue weighted by atomic mass is 16.1. The Labute approximate surface area is 91.5 Å². The van der Waals surface area contributed by atoms with Crippen LogP contribution in [0.4, 0.5) is 0 Å². The highest BCUT2D eigenvalue weighted by molar-refractivity contribution is 5.76. The quantitative estimate of drug-likeness (QED) is 0.744. The van der Waals surface area contributed by atoms with Crippen LogP contribution in [0.3, 0.4) is 0 Å². The third kappa shape index (κ3) is 3.86. The highest BCUT2D eigenvalue weighted by Crippen LogP contribution is 2.26. The number of imidazole rings is 1. The molecule has 1 aromatic heterocycles. The Bertz CT molecular complexity index is 339. The summed E-state index contributed by atoms with van der Waals surface area (Å²) in [5, 5.41) is 0. The van der Waals surface area contributed by atoms with Crippen molar-refractivity contribution < 1.29 is 4.79 Å². The van der Waals surface area contributed by atoms with Crippen molar-refractivity contribution in [1.29, 1.82) is 0 Å². The lowest BCUT2D eigenvalue weighted by atomic mass is 9.83. The molecule has 0 unspecified atom stereocenters. The van der Waals surface area contributed by atoms with Gasteiger partial charge in [-0.3, -0.25) is 0 Å². The van der Waals surface area contributed by atoms with Crippen LogP contribution in [0, 0.1) is 5.41 Å². The van der Waals surface area contributed by atoms with Crippen LogP contribution in [0.2, 0.25) is 0 Å². The summed E-state index contributed by atoms with van der Waals surface area (Å²) in [4.78, 5) is 15.3. The molecule has 1 aromatic rings. The zero-order valence-corrected chi connectivity index (χ0v) is 10.1. The summed E-state index contributed by atoms with van der Waals surface area (Å²) in [6, 6.07) is 0. The Morgan fingerprint density at radius 3 is 2.67 bits per heavy atom. The van der Waals surface area contributed by atoms with E-state index in [2.05, 4.69) is 18.8 Å². The maximum Gasteiger partial charge on any atom is 0.130 e. The molecule has 3 heteroatoms. The van der Waals surface area contributed by atoms with Crippen LogP contribution in [0.15, 0.2) is 12.4 Å². The number of carbonyl (C=O) groups is 1. The van der Waals surface area contributed by atoms with Crippen molar-refractivity contribution in [2.75, 3.05) is 0 Å². The molecule has 15 heavy (non-hydrogen) atoms. The molecule has 0 radical (unpaired) electrons. The number of aryl methyl sites for hydroxylation is 2. The van der Waals surface area contributed by atoms with Gasteiger partial charge in [0.1, 0.15) is 11.6 Å².